The van der Waals surface area contributed by atoms with Gasteiger partial charge in [0.15, 0.2) is 0 Å². The number of likely N-dealkylation sites (N-methyl/N-ethyl adjacent to an activating group) is 1. The Balaban J connectivity index is 1.77. The zero-order valence-electron chi connectivity index (χ0n) is 18.1. The molecule has 0 bridgehead atoms. The van der Waals surface area contributed by atoms with Crippen molar-refractivity contribution >= 4 is 12.0 Å². The van der Waals surface area contributed by atoms with Crippen LogP contribution >= 0.6 is 0 Å². The van der Waals surface area contributed by atoms with Gasteiger partial charge >= 0.3 is 5.97 Å². The van der Waals surface area contributed by atoms with Gasteiger partial charge in [0.05, 0.1) is 6.54 Å². The third kappa shape index (κ3) is 3.66. The first-order valence-corrected chi connectivity index (χ1v) is 10.4. The first-order chi connectivity index (χ1) is 13.6. The fourth-order valence-corrected chi connectivity index (χ4v) is 4.95. The highest BCUT2D eigenvalue weighted by Crippen LogP contribution is 2.47. The maximum atomic E-state index is 10.9. The van der Waals surface area contributed by atoms with Gasteiger partial charge in [-0.05, 0) is 59.6 Å². The van der Waals surface area contributed by atoms with Crippen molar-refractivity contribution in [2.24, 2.45) is 0 Å². The van der Waals surface area contributed by atoms with Crippen LogP contribution in [-0.2, 0) is 22.2 Å². The number of hydrogen-bond acceptors (Lipinski definition) is 3. The van der Waals surface area contributed by atoms with E-state index in [1.54, 1.807) is 0 Å². The zero-order valence-corrected chi connectivity index (χ0v) is 18.1. The molecule has 2 aliphatic rings. The summed E-state index contributed by atoms with van der Waals surface area (Å²) in [5.41, 5.74) is 5.82. The molecule has 1 aromatic carbocycles. The molecule has 0 radical (unpaired) electrons. The smallest absolute Gasteiger partial charge is 0.328 e. The lowest BCUT2D eigenvalue weighted by Gasteiger charge is -2.42. The maximum absolute atomic E-state index is 10.9. The molecule has 2 aromatic rings. The molecule has 1 aliphatic heterocycles. The van der Waals surface area contributed by atoms with Gasteiger partial charge in [0, 0.05) is 24.1 Å². The quantitative estimate of drug-likeness (QED) is 0.719. The Kier molecular flexibility index (Phi) is 4.73. The molecule has 1 aliphatic carbocycles. The van der Waals surface area contributed by atoms with Crippen molar-refractivity contribution in [1.82, 2.24) is 4.90 Å². The van der Waals surface area contributed by atoms with Crippen molar-refractivity contribution in [3.63, 3.8) is 0 Å². The Labute approximate surface area is 173 Å². The molecule has 4 rings (SSSR count). The molecule has 4 nitrogen and oxygen atoms in total. The summed E-state index contributed by atoms with van der Waals surface area (Å²) in [6.45, 7) is 11.1. The molecule has 1 atom stereocenters. The number of hydrogen-bond donors (Lipinski definition) is 1. The fourth-order valence-electron chi connectivity index (χ4n) is 4.95. The third-order valence-electron chi connectivity index (χ3n) is 6.81. The molecule has 0 saturated carbocycles. The van der Waals surface area contributed by atoms with Crippen LogP contribution in [0.1, 0.15) is 80.2 Å². The lowest BCUT2D eigenvalue weighted by molar-refractivity contribution is -0.131. The number of carboxylic acid groups (broad SMARTS) is 1. The van der Waals surface area contributed by atoms with Crippen molar-refractivity contribution in [2.45, 2.75) is 63.8 Å². The van der Waals surface area contributed by atoms with Crippen molar-refractivity contribution < 1.29 is 14.3 Å². The summed E-state index contributed by atoms with van der Waals surface area (Å²) < 4.78 is 5.97. The van der Waals surface area contributed by atoms with E-state index in [9.17, 15) is 4.79 Å². The second-order valence-corrected chi connectivity index (χ2v) is 10.0. The van der Waals surface area contributed by atoms with Crippen LogP contribution < -0.4 is 0 Å². The van der Waals surface area contributed by atoms with Crippen LogP contribution in [0.15, 0.2) is 34.8 Å². The van der Waals surface area contributed by atoms with Crippen molar-refractivity contribution in [3.8, 4) is 0 Å². The summed E-state index contributed by atoms with van der Waals surface area (Å²) in [5.74, 6) is 0.807. The van der Waals surface area contributed by atoms with Crippen LogP contribution in [0.2, 0.25) is 0 Å². The van der Waals surface area contributed by atoms with Crippen LogP contribution in [-0.4, -0.2) is 29.6 Å². The highest BCUT2D eigenvalue weighted by atomic mass is 16.4. The molecule has 1 unspecified atom stereocenters. The largest absolute Gasteiger partial charge is 0.478 e. The number of carbonyl (C=O) groups is 1. The minimum atomic E-state index is -0.965. The van der Waals surface area contributed by atoms with E-state index in [-0.39, 0.29) is 16.7 Å². The van der Waals surface area contributed by atoms with Crippen LogP contribution in [0.4, 0.5) is 0 Å². The number of furan rings is 1. The zero-order chi connectivity index (χ0) is 21.0. The van der Waals surface area contributed by atoms with E-state index in [0.29, 0.717) is 5.76 Å². The Morgan fingerprint density at radius 1 is 1.14 bits per heavy atom. The molecule has 1 N–H and O–H groups in total. The molecule has 1 aromatic heterocycles. The van der Waals surface area contributed by atoms with E-state index < -0.39 is 5.97 Å². The Hall–Kier alpha value is -2.33. The molecule has 0 amide bonds. The highest BCUT2D eigenvalue weighted by Gasteiger charge is 2.38. The molecule has 29 heavy (non-hydrogen) atoms. The minimum Gasteiger partial charge on any atom is -0.478 e. The number of benzene rings is 1. The number of nitrogens with zero attached hydrogens (tertiary/aromatic N) is 1. The number of rotatable bonds is 3. The molecular weight excluding hydrogens is 362 g/mol. The maximum Gasteiger partial charge on any atom is 0.328 e. The normalized spacial score (nSPS) is 23.0. The van der Waals surface area contributed by atoms with E-state index in [2.05, 4.69) is 57.8 Å². The SMILES string of the molecule is CN1Cc2oc(/C=C/C(=O)O)cc2C(c2ccc3c(c2)C(C)(C)CCC3(C)C)C1. The summed E-state index contributed by atoms with van der Waals surface area (Å²) in [6, 6.07) is 9.06. The summed E-state index contributed by atoms with van der Waals surface area (Å²) in [7, 11) is 2.11. The van der Waals surface area contributed by atoms with E-state index in [0.717, 1.165) is 24.9 Å². The van der Waals surface area contributed by atoms with Gasteiger partial charge in [-0.2, -0.15) is 0 Å². The van der Waals surface area contributed by atoms with Gasteiger partial charge in [-0.15, -0.1) is 0 Å². The minimum absolute atomic E-state index is 0.177. The molecular formula is C25H31NO3. The number of carboxylic acids is 1. The van der Waals surface area contributed by atoms with Crippen LogP contribution in [0.25, 0.3) is 6.08 Å². The van der Waals surface area contributed by atoms with E-state index in [1.165, 1.54) is 41.2 Å². The van der Waals surface area contributed by atoms with Gasteiger partial charge < -0.3 is 9.52 Å². The highest BCUT2D eigenvalue weighted by molar-refractivity contribution is 5.84. The second kappa shape index (κ2) is 6.88. The number of aliphatic carboxylic acids is 1. The Bertz CT molecular complexity index is 980. The predicted molar refractivity (Wildman–Crippen MR) is 115 cm³/mol. The standard InChI is InChI=1S/C25H31NO3/c1-24(2)10-11-25(3,4)21-12-16(6-8-20(21)24)19-14-26(5)15-22-18(19)13-17(29-22)7-9-23(27)28/h6-9,12-13,19H,10-11,14-15H2,1-5H3,(H,27,28)/b9-7+. The van der Waals surface area contributed by atoms with E-state index >= 15 is 0 Å². The molecule has 2 heterocycles. The first kappa shape index (κ1) is 20.0. The van der Waals surface area contributed by atoms with Crippen molar-refractivity contribution in [3.05, 3.63) is 64.1 Å². The lowest BCUT2D eigenvalue weighted by Crippen LogP contribution is -2.34. The van der Waals surface area contributed by atoms with Gasteiger partial charge in [-0.25, -0.2) is 4.79 Å². The fraction of sp³-hybridized carbons (Fsp3) is 0.480. The summed E-state index contributed by atoms with van der Waals surface area (Å²) in [6.07, 6.45) is 5.08. The third-order valence-corrected chi connectivity index (χ3v) is 6.81. The molecule has 0 fully saturated rings. The Morgan fingerprint density at radius 3 is 2.52 bits per heavy atom. The lowest BCUT2D eigenvalue weighted by atomic mass is 9.62. The van der Waals surface area contributed by atoms with Gasteiger partial charge in [0.2, 0.25) is 0 Å². The predicted octanol–water partition coefficient (Wildman–Crippen LogP) is 5.30. The van der Waals surface area contributed by atoms with Gasteiger partial charge in [-0.1, -0.05) is 45.9 Å². The molecule has 0 saturated heterocycles. The first-order valence-electron chi connectivity index (χ1n) is 10.4. The van der Waals surface area contributed by atoms with Crippen LogP contribution in [0.5, 0.6) is 0 Å². The number of fused-ring (bicyclic) bond motifs is 2. The van der Waals surface area contributed by atoms with Crippen molar-refractivity contribution in [1.29, 1.82) is 0 Å². The topological polar surface area (TPSA) is 53.7 Å². The van der Waals surface area contributed by atoms with Crippen LogP contribution in [0.3, 0.4) is 0 Å². The summed E-state index contributed by atoms with van der Waals surface area (Å²) in [4.78, 5) is 13.1. The summed E-state index contributed by atoms with van der Waals surface area (Å²) >= 11 is 0. The average molecular weight is 394 g/mol. The monoisotopic (exact) mass is 393 g/mol. The van der Waals surface area contributed by atoms with Gasteiger partial charge in [0.25, 0.3) is 0 Å². The van der Waals surface area contributed by atoms with Crippen LogP contribution in [0, 0.1) is 0 Å². The Morgan fingerprint density at radius 2 is 1.83 bits per heavy atom. The average Bonchev–Trinajstić information content (AvgIpc) is 3.05. The van der Waals surface area contributed by atoms with Gasteiger partial charge in [0.1, 0.15) is 11.5 Å². The second-order valence-electron chi connectivity index (χ2n) is 10.0. The molecule has 4 heteroatoms. The van der Waals surface area contributed by atoms with Crippen molar-refractivity contribution in [2.75, 3.05) is 13.6 Å². The summed E-state index contributed by atoms with van der Waals surface area (Å²) in [5, 5.41) is 8.92. The van der Waals surface area contributed by atoms with E-state index in [4.69, 9.17) is 9.52 Å². The molecule has 0 spiro atoms. The molecule has 154 valence electrons. The van der Waals surface area contributed by atoms with Gasteiger partial charge in [-0.3, -0.25) is 4.90 Å². The van der Waals surface area contributed by atoms with E-state index in [1.807, 2.05) is 6.07 Å².